The maximum Gasteiger partial charge on any atom is 0.158 e. The summed E-state index contributed by atoms with van der Waals surface area (Å²) >= 11 is 0. The lowest BCUT2D eigenvalue weighted by molar-refractivity contribution is -0.0167. The van der Waals surface area contributed by atoms with Crippen LogP contribution in [0.3, 0.4) is 0 Å². The molecule has 3 heterocycles. The van der Waals surface area contributed by atoms with Gasteiger partial charge in [0.15, 0.2) is 11.2 Å². The molecule has 8 nitrogen and oxygen atoms in total. The molecule has 0 spiro atoms. The zero-order valence-corrected chi connectivity index (χ0v) is 18.5. The first-order valence-electron chi connectivity index (χ1n) is 11.5. The third-order valence-corrected chi connectivity index (χ3v) is 6.04. The Morgan fingerprint density at radius 1 is 0.594 bits per heavy atom. The van der Waals surface area contributed by atoms with Crippen LogP contribution in [0.25, 0.3) is 21.9 Å². The molecule has 2 aliphatic rings. The van der Waals surface area contributed by atoms with E-state index in [1.54, 1.807) is 0 Å². The van der Waals surface area contributed by atoms with Crippen LogP contribution in [0.5, 0.6) is 0 Å². The summed E-state index contributed by atoms with van der Waals surface area (Å²) in [5.74, 6) is 0. The molecule has 2 unspecified atom stereocenters. The Morgan fingerprint density at radius 2 is 1.09 bits per heavy atom. The predicted octanol–water partition coefficient (Wildman–Crippen LogP) is 3.01. The summed E-state index contributed by atoms with van der Waals surface area (Å²) in [5.41, 5.74) is 3.86. The number of hydrogen-bond donors (Lipinski definition) is 2. The van der Waals surface area contributed by atoms with E-state index in [1.165, 1.54) is 0 Å². The Morgan fingerprint density at radius 3 is 1.62 bits per heavy atom. The highest BCUT2D eigenvalue weighted by molar-refractivity contribution is 6.11. The van der Waals surface area contributed by atoms with Crippen molar-refractivity contribution in [2.24, 2.45) is 0 Å². The van der Waals surface area contributed by atoms with Crippen molar-refractivity contribution in [3.63, 3.8) is 0 Å². The number of benzene rings is 2. The molecule has 4 bridgehead atoms. The molecule has 0 radical (unpaired) electrons. The van der Waals surface area contributed by atoms with E-state index in [9.17, 15) is 0 Å². The normalized spacial score (nSPS) is 24.1. The van der Waals surface area contributed by atoms with Crippen LogP contribution in [0.4, 0.5) is 11.4 Å². The SMILES string of the molecule is c1cc2c3oc4c(cccc4c3c1)NCCN1CCN(CCN2)COCCOCCOC1. The number of ether oxygens (including phenoxy) is 3. The molecule has 3 aromatic rings. The van der Waals surface area contributed by atoms with Gasteiger partial charge in [-0.1, -0.05) is 24.3 Å². The molecular weight excluding hydrogens is 408 g/mol. The summed E-state index contributed by atoms with van der Waals surface area (Å²) in [5, 5.41) is 9.43. The molecular formula is C24H32N4O4. The van der Waals surface area contributed by atoms with Gasteiger partial charge >= 0.3 is 0 Å². The lowest BCUT2D eigenvalue weighted by Crippen LogP contribution is -2.41. The first-order chi connectivity index (χ1) is 15.9. The van der Waals surface area contributed by atoms with Gasteiger partial charge < -0.3 is 29.3 Å². The zero-order chi connectivity index (χ0) is 21.6. The van der Waals surface area contributed by atoms with E-state index in [4.69, 9.17) is 18.6 Å². The molecule has 8 heteroatoms. The van der Waals surface area contributed by atoms with Crippen molar-refractivity contribution >= 4 is 33.3 Å². The largest absolute Gasteiger partial charge is 0.452 e. The molecule has 2 atom stereocenters. The average Bonchev–Trinajstić information content (AvgIpc) is 3.20. The fraction of sp³-hybridized carbons (Fsp3) is 0.500. The molecule has 0 amide bonds. The molecule has 1 aromatic heterocycles. The number of anilines is 2. The second-order valence-electron chi connectivity index (χ2n) is 8.24. The monoisotopic (exact) mass is 440 g/mol. The molecule has 2 N–H and O–H groups in total. The topological polar surface area (TPSA) is 71.4 Å². The molecule has 0 saturated carbocycles. The van der Waals surface area contributed by atoms with E-state index < -0.39 is 0 Å². The number of para-hydroxylation sites is 2. The smallest absolute Gasteiger partial charge is 0.158 e. The maximum atomic E-state index is 6.38. The lowest BCUT2D eigenvalue weighted by atomic mass is 10.1. The van der Waals surface area contributed by atoms with Gasteiger partial charge in [0.1, 0.15) is 0 Å². The van der Waals surface area contributed by atoms with Crippen molar-refractivity contribution in [1.29, 1.82) is 0 Å². The van der Waals surface area contributed by atoms with Gasteiger partial charge in [-0.25, -0.2) is 0 Å². The molecule has 2 aliphatic heterocycles. The molecule has 1 saturated heterocycles. The fourth-order valence-corrected chi connectivity index (χ4v) is 4.29. The number of furan rings is 1. The average molecular weight is 441 g/mol. The van der Waals surface area contributed by atoms with Crippen LogP contribution in [0.2, 0.25) is 0 Å². The zero-order valence-electron chi connectivity index (χ0n) is 18.5. The molecule has 1 fully saturated rings. The summed E-state index contributed by atoms with van der Waals surface area (Å²) in [7, 11) is 0. The third kappa shape index (κ3) is 5.00. The summed E-state index contributed by atoms with van der Waals surface area (Å²) < 4.78 is 23.7. The van der Waals surface area contributed by atoms with E-state index >= 15 is 0 Å². The van der Waals surface area contributed by atoms with Gasteiger partial charge in [0, 0.05) is 50.0 Å². The molecule has 172 valence electrons. The van der Waals surface area contributed by atoms with Gasteiger partial charge in [0.25, 0.3) is 0 Å². The minimum Gasteiger partial charge on any atom is -0.452 e. The van der Waals surface area contributed by atoms with E-state index in [1.807, 2.05) is 0 Å². The maximum absolute atomic E-state index is 6.38. The highest BCUT2D eigenvalue weighted by Crippen LogP contribution is 2.36. The van der Waals surface area contributed by atoms with Crippen molar-refractivity contribution < 1.29 is 18.6 Å². The number of hydrogen-bond acceptors (Lipinski definition) is 8. The fourth-order valence-electron chi connectivity index (χ4n) is 4.29. The van der Waals surface area contributed by atoms with Crippen LogP contribution < -0.4 is 10.6 Å². The summed E-state index contributed by atoms with van der Waals surface area (Å²) in [6.45, 7) is 8.74. The van der Waals surface area contributed by atoms with Crippen LogP contribution in [-0.4, -0.2) is 89.0 Å². The van der Waals surface area contributed by atoms with E-state index in [-0.39, 0.29) is 0 Å². The number of rotatable bonds is 0. The quantitative estimate of drug-likeness (QED) is 0.553. The summed E-state index contributed by atoms with van der Waals surface area (Å²) in [4.78, 5) is 4.67. The van der Waals surface area contributed by atoms with Crippen LogP contribution in [0.1, 0.15) is 0 Å². The van der Waals surface area contributed by atoms with Crippen molar-refractivity contribution in [1.82, 2.24) is 9.80 Å². The van der Waals surface area contributed by atoms with Crippen LogP contribution in [-0.2, 0) is 14.2 Å². The van der Waals surface area contributed by atoms with Crippen molar-refractivity contribution in [2.45, 2.75) is 0 Å². The molecule has 32 heavy (non-hydrogen) atoms. The first kappa shape index (κ1) is 21.5. The first-order valence-corrected chi connectivity index (χ1v) is 11.5. The van der Waals surface area contributed by atoms with E-state index in [0.29, 0.717) is 39.9 Å². The van der Waals surface area contributed by atoms with Crippen LogP contribution in [0, 0.1) is 0 Å². The Bertz CT molecular complexity index is 946. The molecule has 5 rings (SSSR count). The second-order valence-corrected chi connectivity index (χ2v) is 8.24. The number of nitrogens with one attached hydrogen (secondary N) is 2. The Labute approximate surface area is 188 Å². The molecule has 2 aromatic carbocycles. The predicted molar refractivity (Wildman–Crippen MR) is 126 cm³/mol. The summed E-state index contributed by atoms with van der Waals surface area (Å²) in [6.07, 6.45) is 0. The highest BCUT2D eigenvalue weighted by Gasteiger charge is 2.16. The Hall–Kier alpha value is -2.36. The van der Waals surface area contributed by atoms with Crippen molar-refractivity contribution in [2.75, 3.05) is 89.8 Å². The van der Waals surface area contributed by atoms with Crippen molar-refractivity contribution in [3.05, 3.63) is 36.4 Å². The lowest BCUT2D eigenvalue weighted by Gasteiger charge is -2.27. The van der Waals surface area contributed by atoms with Gasteiger partial charge in [-0.2, -0.15) is 0 Å². The van der Waals surface area contributed by atoms with Gasteiger partial charge in [-0.05, 0) is 12.1 Å². The number of nitrogens with zero attached hydrogens (tertiary/aromatic N) is 2. The minimum absolute atomic E-state index is 0.592. The standard InChI is InChI=1S/C24H32N4O4/c1-3-19-20-4-2-6-22-24(20)32-23(19)21(5-1)25-7-9-27-11-12-28(10-8-26-22)18-31-16-14-29-13-15-30-17-27/h1-6,25-26H,7-18H2. The van der Waals surface area contributed by atoms with Gasteiger partial charge in [-0.15, -0.1) is 0 Å². The number of fused-ring (bicyclic) bond motifs is 4. The van der Waals surface area contributed by atoms with Gasteiger partial charge in [0.2, 0.25) is 0 Å². The van der Waals surface area contributed by atoms with Crippen LogP contribution in [0.15, 0.2) is 40.8 Å². The van der Waals surface area contributed by atoms with Crippen LogP contribution >= 0.6 is 0 Å². The molecule has 0 aliphatic carbocycles. The van der Waals surface area contributed by atoms with Gasteiger partial charge in [0.05, 0.1) is 51.3 Å². The third-order valence-electron chi connectivity index (χ3n) is 6.04. The van der Waals surface area contributed by atoms with E-state index in [2.05, 4.69) is 56.8 Å². The minimum atomic E-state index is 0.592. The van der Waals surface area contributed by atoms with Crippen molar-refractivity contribution in [3.8, 4) is 0 Å². The van der Waals surface area contributed by atoms with E-state index in [0.717, 1.165) is 72.6 Å². The second kappa shape index (κ2) is 10.5. The Kier molecular flexibility index (Phi) is 7.05. The Balaban J connectivity index is 1.43. The highest BCUT2D eigenvalue weighted by atomic mass is 16.5. The van der Waals surface area contributed by atoms with Gasteiger partial charge in [-0.3, -0.25) is 9.80 Å². The summed E-state index contributed by atoms with van der Waals surface area (Å²) in [6, 6.07) is 12.6.